The van der Waals surface area contributed by atoms with E-state index in [0.29, 0.717) is 18.0 Å². The molecule has 0 spiro atoms. The molecular formula is C18H22N4O3S. The first kappa shape index (κ1) is 18.4. The van der Waals surface area contributed by atoms with Crippen LogP contribution in [0.4, 0.5) is 0 Å². The predicted molar refractivity (Wildman–Crippen MR) is 101 cm³/mol. The Balaban J connectivity index is 1.76. The van der Waals surface area contributed by atoms with Crippen LogP contribution in [0.2, 0.25) is 0 Å². The van der Waals surface area contributed by atoms with E-state index in [2.05, 4.69) is 15.5 Å². The lowest BCUT2D eigenvalue weighted by atomic mass is 10.1. The number of benzene rings is 1. The Hall–Kier alpha value is -2.35. The lowest BCUT2D eigenvalue weighted by molar-refractivity contribution is 0.0123. The third kappa shape index (κ3) is 4.24. The van der Waals surface area contributed by atoms with E-state index in [1.54, 1.807) is 23.6 Å². The van der Waals surface area contributed by atoms with E-state index < -0.39 is 0 Å². The van der Waals surface area contributed by atoms with Gasteiger partial charge in [-0.3, -0.25) is 4.79 Å². The van der Waals surface area contributed by atoms with Crippen molar-refractivity contribution in [2.45, 2.75) is 45.1 Å². The summed E-state index contributed by atoms with van der Waals surface area (Å²) in [6.07, 6.45) is 0.757. The van der Waals surface area contributed by atoms with Crippen LogP contribution in [0.5, 0.6) is 5.75 Å². The molecular weight excluding hydrogens is 352 g/mol. The molecule has 0 radical (unpaired) electrons. The summed E-state index contributed by atoms with van der Waals surface area (Å²) in [5.74, 6) is 1.28. The molecule has 0 saturated heterocycles. The summed E-state index contributed by atoms with van der Waals surface area (Å²) in [5.41, 5.74) is 1.99. The molecule has 2 aromatic rings. The minimum atomic E-state index is -0.271. The summed E-state index contributed by atoms with van der Waals surface area (Å²) < 4.78 is 6.95. The number of carbonyl (C=O) groups is 1. The van der Waals surface area contributed by atoms with Crippen LogP contribution in [0.3, 0.4) is 0 Å². The highest BCUT2D eigenvalue weighted by molar-refractivity contribution is 8.13. The SMILES string of the molecule is COc1ccc(Cn2nnc(C(C)=O)c2CSC2=NOC(C)(C)C2)cc1. The van der Waals surface area contributed by atoms with Gasteiger partial charge in [-0.05, 0) is 31.5 Å². The summed E-state index contributed by atoms with van der Waals surface area (Å²) in [6.45, 7) is 6.05. The van der Waals surface area contributed by atoms with Gasteiger partial charge < -0.3 is 9.57 Å². The number of nitrogens with zero attached hydrogens (tertiary/aromatic N) is 4. The van der Waals surface area contributed by atoms with Crippen molar-refractivity contribution in [2.24, 2.45) is 5.16 Å². The average Bonchev–Trinajstić information content (AvgIpc) is 3.16. The van der Waals surface area contributed by atoms with E-state index in [0.717, 1.165) is 28.5 Å². The van der Waals surface area contributed by atoms with Gasteiger partial charge in [-0.15, -0.1) is 16.9 Å². The van der Waals surface area contributed by atoms with Crippen LogP contribution in [0.1, 0.15) is 48.9 Å². The minimum Gasteiger partial charge on any atom is -0.497 e. The zero-order valence-corrected chi connectivity index (χ0v) is 16.2. The molecule has 8 heteroatoms. The van der Waals surface area contributed by atoms with E-state index in [4.69, 9.17) is 9.57 Å². The number of aromatic nitrogens is 3. The summed E-state index contributed by atoms with van der Waals surface area (Å²) in [6, 6.07) is 7.75. The lowest BCUT2D eigenvalue weighted by Crippen LogP contribution is -2.18. The topological polar surface area (TPSA) is 78.6 Å². The number of hydrogen-bond acceptors (Lipinski definition) is 7. The van der Waals surface area contributed by atoms with Crippen LogP contribution >= 0.6 is 11.8 Å². The van der Waals surface area contributed by atoms with Crippen molar-refractivity contribution in [1.82, 2.24) is 15.0 Å². The second-order valence-electron chi connectivity index (χ2n) is 6.75. The molecule has 26 heavy (non-hydrogen) atoms. The Morgan fingerprint density at radius 2 is 2.08 bits per heavy atom. The van der Waals surface area contributed by atoms with Crippen molar-refractivity contribution >= 4 is 22.6 Å². The fourth-order valence-corrected chi connectivity index (χ4v) is 3.74. The molecule has 0 unspecified atom stereocenters. The second-order valence-corrected chi connectivity index (χ2v) is 7.80. The molecule has 0 aliphatic carbocycles. The van der Waals surface area contributed by atoms with E-state index in [1.807, 2.05) is 38.1 Å². The standard InChI is InChI=1S/C18H22N4O3S/c1-12(23)17-15(11-26-16-9-18(2,3)25-20-16)22(21-19-17)10-13-5-7-14(24-4)8-6-13/h5-8H,9-11H2,1-4H3. The van der Waals surface area contributed by atoms with Crippen LogP contribution in [0.25, 0.3) is 0 Å². The van der Waals surface area contributed by atoms with Crippen molar-refractivity contribution in [2.75, 3.05) is 7.11 Å². The van der Waals surface area contributed by atoms with Crippen molar-refractivity contribution in [3.8, 4) is 5.75 Å². The van der Waals surface area contributed by atoms with Gasteiger partial charge in [-0.2, -0.15) is 0 Å². The number of Topliss-reactive ketones (excluding diaryl/α,β-unsaturated/α-hetero) is 1. The monoisotopic (exact) mass is 374 g/mol. The molecule has 7 nitrogen and oxygen atoms in total. The highest BCUT2D eigenvalue weighted by atomic mass is 32.2. The maximum absolute atomic E-state index is 11.9. The molecule has 1 aromatic carbocycles. The second kappa shape index (κ2) is 7.49. The van der Waals surface area contributed by atoms with Crippen LogP contribution in [0.15, 0.2) is 29.4 Å². The number of carbonyl (C=O) groups excluding carboxylic acids is 1. The molecule has 3 rings (SSSR count). The molecule has 0 saturated carbocycles. The summed E-state index contributed by atoms with van der Waals surface area (Å²) >= 11 is 1.56. The van der Waals surface area contributed by atoms with E-state index >= 15 is 0 Å². The average molecular weight is 374 g/mol. The Bertz CT molecular complexity index is 827. The van der Waals surface area contributed by atoms with Crippen molar-refractivity contribution in [3.05, 3.63) is 41.2 Å². The zero-order chi connectivity index (χ0) is 18.7. The number of ether oxygens (including phenoxy) is 1. The summed E-state index contributed by atoms with van der Waals surface area (Å²) in [4.78, 5) is 17.3. The Kier molecular flexibility index (Phi) is 5.31. The van der Waals surface area contributed by atoms with E-state index in [1.165, 1.54) is 6.92 Å². The first-order valence-corrected chi connectivity index (χ1v) is 9.30. The number of rotatable bonds is 6. The first-order chi connectivity index (χ1) is 12.4. The largest absolute Gasteiger partial charge is 0.497 e. The molecule has 0 amide bonds. The molecule has 2 heterocycles. The first-order valence-electron chi connectivity index (χ1n) is 8.32. The maximum Gasteiger partial charge on any atom is 0.181 e. The van der Waals surface area contributed by atoms with E-state index in [-0.39, 0.29) is 11.4 Å². The van der Waals surface area contributed by atoms with E-state index in [9.17, 15) is 4.79 Å². The van der Waals surface area contributed by atoms with Gasteiger partial charge >= 0.3 is 0 Å². The number of methoxy groups -OCH3 is 1. The fourth-order valence-electron chi connectivity index (χ4n) is 2.61. The number of oxime groups is 1. The highest BCUT2D eigenvalue weighted by Crippen LogP contribution is 2.29. The van der Waals surface area contributed by atoms with Crippen molar-refractivity contribution in [3.63, 3.8) is 0 Å². The van der Waals surface area contributed by atoms with Crippen LogP contribution in [-0.4, -0.2) is 38.5 Å². The quantitative estimate of drug-likeness (QED) is 0.722. The zero-order valence-electron chi connectivity index (χ0n) is 15.4. The smallest absolute Gasteiger partial charge is 0.181 e. The summed E-state index contributed by atoms with van der Waals surface area (Å²) in [7, 11) is 1.64. The molecule has 0 N–H and O–H groups in total. The predicted octanol–water partition coefficient (Wildman–Crippen LogP) is 3.28. The third-order valence-corrected chi connectivity index (χ3v) is 4.98. The minimum absolute atomic E-state index is 0.0912. The lowest BCUT2D eigenvalue weighted by Gasteiger charge is -2.13. The molecule has 138 valence electrons. The van der Waals surface area contributed by atoms with Gasteiger partial charge in [-0.1, -0.05) is 22.5 Å². The highest BCUT2D eigenvalue weighted by Gasteiger charge is 2.29. The van der Waals surface area contributed by atoms with Gasteiger partial charge in [0.2, 0.25) is 0 Å². The van der Waals surface area contributed by atoms with Gasteiger partial charge in [0.15, 0.2) is 11.5 Å². The molecule has 0 atom stereocenters. The van der Waals surface area contributed by atoms with Crippen LogP contribution < -0.4 is 4.74 Å². The molecule has 0 fully saturated rings. The number of hydrogen-bond donors (Lipinski definition) is 0. The van der Waals surface area contributed by atoms with Gasteiger partial charge in [0.25, 0.3) is 0 Å². The summed E-state index contributed by atoms with van der Waals surface area (Å²) in [5, 5.41) is 13.3. The Morgan fingerprint density at radius 1 is 1.35 bits per heavy atom. The van der Waals surface area contributed by atoms with Crippen molar-refractivity contribution < 1.29 is 14.4 Å². The van der Waals surface area contributed by atoms with Crippen molar-refractivity contribution in [1.29, 1.82) is 0 Å². The van der Waals surface area contributed by atoms with Crippen LogP contribution in [-0.2, 0) is 17.1 Å². The normalized spacial score (nSPS) is 15.5. The van der Waals surface area contributed by atoms with Crippen LogP contribution in [0, 0.1) is 0 Å². The Labute approximate surface area is 156 Å². The maximum atomic E-state index is 11.9. The number of thioether (sulfide) groups is 1. The molecule has 1 aliphatic rings. The molecule has 1 aliphatic heterocycles. The van der Waals surface area contributed by atoms with Gasteiger partial charge in [0.1, 0.15) is 16.4 Å². The Morgan fingerprint density at radius 3 is 2.65 bits per heavy atom. The third-order valence-electron chi connectivity index (χ3n) is 4.01. The van der Waals surface area contributed by atoms with Gasteiger partial charge in [-0.25, -0.2) is 4.68 Å². The van der Waals surface area contributed by atoms with Gasteiger partial charge in [0.05, 0.1) is 19.3 Å². The fraction of sp³-hybridized carbons (Fsp3) is 0.444. The van der Waals surface area contributed by atoms with Gasteiger partial charge in [0, 0.05) is 19.1 Å². The molecule has 1 aromatic heterocycles. The molecule has 0 bridgehead atoms. The number of ketones is 1.